The number of hydrogen-bond acceptors (Lipinski definition) is 8. The van der Waals surface area contributed by atoms with Gasteiger partial charge in [0.15, 0.2) is 0 Å². The van der Waals surface area contributed by atoms with Gasteiger partial charge in [0.1, 0.15) is 5.69 Å². The highest BCUT2D eigenvalue weighted by Crippen LogP contribution is 2.28. The van der Waals surface area contributed by atoms with E-state index in [2.05, 4.69) is 10.5 Å². The molecule has 0 bridgehead atoms. The normalized spacial score (nSPS) is 10.6. The molecule has 11 nitrogen and oxygen atoms in total. The fourth-order valence-corrected chi connectivity index (χ4v) is 2.00. The number of nitro groups is 3. The maximum atomic E-state index is 11.0. The van der Waals surface area contributed by atoms with Crippen molar-refractivity contribution in [2.24, 2.45) is 5.10 Å². The van der Waals surface area contributed by atoms with E-state index in [0.717, 1.165) is 12.1 Å². The van der Waals surface area contributed by atoms with Crippen LogP contribution in [-0.2, 0) is 6.42 Å². The van der Waals surface area contributed by atoms with Gasteiger partial charge in [0, 0.05) is 30.3 Å². The minimum atomic E-state index is -0.771. The first-order valence-corrected chi connectivity index (χ1v) is 6.83. The Labute approximate surface area is 140 Å². The molecule has 0 saturated carbocycles. The molecule has 2 aromatic carbocycles. The van der Waals surface area contributed by atoms with Crippen LogP contribution in [0.2, 0.25) is 0 Å². The second kappa shape index (κ2) is 7.59. The summed E-state index contributed by atoms with van der Waals surface area (Å²) >= 11 is 0. The molecule has 11 heteroatoms. The van der Waals surface area contributed by atoms with Crippen molar-refractivity contribution < 1.29 is 14.8 Å². The molecule has 0 amide bonds. The van der Waals surface area contributed by atoms with E-state index < -0.39 is 26.1 Å². The molecular formula is C14H11N5O6. The van der Waals surface area contributed by atoms with Gasteiger partial charge < -0.3 is 0 Å². The van der Waals surface area contributed by atoms with Crippen molar-refractivity contribution in [2.75, 3.05) is 5.43 Å². The van der Waals surface area contributed by atoms with Crippen molar-refractivity contribution in [3.63, 3.8) is 0 Å². The van der Waals surface area contributed by atoms with Crippen molar-refractivity contribution in [2.45, 2.75) is 6.42 Å². The molecule has 0 spiro atoms. The molecule has 1 N–H and O–H groups in total. The molecule has 2 aromatic rings. The third-order valence-electron chi connectivity index (χ3n) is 3.16. The molecule has 0 unspecified atom stereocenters. The summed E-state index contributed by atoms with van der Waals surface area (Å²) in [5.74, 6) is 0. The van der Waals surface area contributed by atoms with Crippen LogP contribution in [-0.4, -0.2) is 21.0 Å². The lowest BCUT2D eigenvalue weighted by molar-refractivity contribution is -0.393. The molecule has 0 aromatic heterocycles. The number of nitro benzene ring substituents is 3. The Hall–Kier alpha value is -3.89. The molecule has 0 aliphatic heterocycles. The predicted molar refractivity (Wildman–Crippen MR) is 88.7 cm³/mol. The highest BCUT2D eigenvalue weighted by Gasteiger charge is 2.19. The molecule has 2 rings (SSSR count). The zero-order valence-electron chi connectivity index (χ0n) is 12.6. The molecule has 0 radical (unpaired) electrons. The lowest BCUT2D eigenvalue weighted by atomic mass is 10.1. The Bertz CT molecular complexity index is 867. The molecule has 0 aliphatic carbocycles. The Balaban J connectivity index is 2.14. The summed E-state index contributed by atoms with van der Waals surface area (Å²) in [5, 5.41) is 36.3. The van der Waals surface area contributed by atoms with Gasteiger partial charge in [0.05, 0.1) is 20.8 Å². The molecule has 0 heterocycles. The van der Waals surface area contributed by atoms with Crippen molar-refractivity contribution in [1.29, 1.82) is 0 Å². The molecule has 25 heavy (non-hydrogen) atoms. The van der Waals surface area contributed by atoms with Crippen molar-refractivity contribution in [3.05, 3.63) is 78.4 Å². The smallest absolute Gasteiger partial charge is 0.272 e. The number of hydrogen-bond donors (Lipinski definition) is 1. The van der Waals surface area contributed by atoms with Gasteiger partial charge in [-0.05, 0) is 6.07 Å². The van der Waals surface area contributed by atoms with Gasteiger partial charge in [-0.1, -0.05) is 18.2 Å². The van der Waals surface area contributed by atoms with E-state index in [4.69, 9.17) is 0 Å². The maximum Gasteiger partial charge on any atom is 0.301 e. The van der Waals surface area contributed by atoms with Gasteiger partial charge in [-0.2, -0.15) is 5.10 Å². The van der Waals surface area contributed by atoms with E-state index in [1.807, 2.05) is 0 Å². The average Bonchev–Trinajstić information content (AvgIpc) is 2.58. The summed E-state index contributed by atoms with van der Waals surface area (Å²) in [7, 11) is 0. The number of nitrogens with one attached hydrogen (secondary N) is 1. The van der Waals surface area contributed by atoms with Crippen LogP contribution in [0, 0.1) is 30.3 Å². The second-order valence-corrected chi connectivity index (χ2v) is 4.73. The number of hydrazone groups is 1. The van der Waals surface area contributed by atoms with Crippen LogP contribution in [0.3, 0.4) is 0 Å². The zero-order chi connectivity index (χ0) is 18.4. The highest BCUT2D eigenvalue weighted by atomic mass is 16.6. The molecule has 128 valence electrons. The lowest BCUT2D eigenvalue weighted by Gasteiger charge is -2.02. The SMILES string of the molecule is O=[N+]([O-])c1ccc(NN=CCc2ccccc2[N+](=O)[O-])c([N+](=O)[O-])c1. The number of anilines is 1. The van der Waals surface area contributed by atoms with Crippen molar-refractivity contribution in [3.8, 4) is 0 Å². The van der Waals surface area contributed by atoms with E-state index in [0.29, 0.717) is 5.56 Å². The van der Waals surface area contributed by atoms with Gasteiger partial charge in [-0.3, -0.25) is 35.8 Å². The molecule has 0 fully saturated rings. The molecular weight excluding hydrogens is 334 g/mol. The van der Waals surface area contributed by atoms with Crippen LogP contribution in [0.25, 0.3) is 0 Å². The van der Waals surface area contributed by atoms with Crippen molar-refractivity contribution >= 4 is 29.0 Å². The lowest BCUT2D eigenvalue weighted by Crippen LogP contribution is -2.00. The standard InChI is InChI=1S/C14H11N5O6/c20-17(21)11-5-6-12(14(9-11)19(24)25)16-15-8-7-10-3-1-2-4-13(10)18(22)23/h1-6,8-9,16H,7H2. The first-order chi connectivity index (χ1) is 11.9. The minimum absolute atomic E-state index is 0.0330. The summed E-state index contributed by atoms with van der Waals surface area (Å²) in [6.45, 7) is 0. The van der Waals surface area contributed by atoms with E-state index in [-0.39, 0.29) is 17.8 Å². The van der Waals surface area contributed by atoms with Gasteiger partial charge in [0.2, 0.25) is 0 Å². The van der Waals surface area contributed by atoms with E-state index in [9.17, 15) is 30.3 Å². The maximum absolute atomic E-state index is 11.0. The van der Waals surface area contributed by atoms with Crippen molar-refractivity contribution in [1.82, 2.24) is 0 Å². The van der Waals surface area contributed by atoms with Gasteiger partial charge in [0.25, 0.3) is 11.4 Å². The second-order valence-electron chi connectivity index (χ2n) is 4.73. The fraction of sp³-hybridized carbons (Fsp3) is 0.0714. The zero-order valence-corrected chi connectivity index (χ0v) is 12.6. The summed E-state index contributed by atoms with van der Waals surface area (Å²) in [5.41, 5.74) is 1.83. The number of para-hydroxylation sites is 1. The first kappa shape index (κ1) is 17.5. The fourth-order valence-electron chi connectivity index (χ4n) is 2.00. The predicted octanol–water partition coefficient (Wildman–Crippen LogP) is 3.05. The summed E-state index contributed by atoms with van der Waals surface area (Å²) in [4.78, 5) is 30.5. The van der Waals surface area contributed by atoms with Crippen LogP contribution >= 0.6 is 0 Å². The molecule has 0 atom stereocenters. The average molecular weight is 345 g/mol. The Kier molecular flexibility index (Phi) is 5.30. The monoisotopic (exact) mass is 345 g/mol. The number of non-ortho nitro benzene ring substituents is 1. The molecule has 0 saturated heterocycles. The Morgan fingerprint density at radius 3 is 2.24 bits per heavy atom. The first-order valence-electron chi connectivity index (χ1n) is 6.83. The number of rotatable bonds is 7. The van der Waals surface area contributed by atoms with Gasteiger partial charge in [-0.15, -0.1) is 0 Å². The molecule has 0 aliphatic rings. The summed E-state index contributed by atoms with van der Waals surface area (Å²) < 4.78 is 0. The Morgan fingerprint density at radius 2 is 1.60 bits per heavy atom. The topological polar surface area (TPSA) is 154 Å². The number of nitrogens with zero attached hydrogens (tertiary/aromatic N) is 4. The third kappa shape index (κ3) is 4.31. The van der Waals surface area contributed by atoms with E-state index in [1.54, 1.807) is 12.1 Å². The van der Waals surface area contributed by atoms with Crippen LogP contribution in [0.15, 0.2) is 47.6 Å². The largest absolute Gasteiger partial charge is 0.301 e. The van der Waals surface area contributed by atoms with Gasteiger partial charge >= 0.3 is 5.69 Å². The van der Waals surface area contributed by atoms with Crippen LogP contribution < -0.4 is 5.43 Å². The summed E-state index contributed by atoms with van der Waals surface area (Å²) in [6, 6.07) is 9.20. The Morgan fingerprint density at radius 1 is 0.920 bits per heavy atom. The minimum Gasteiger partial charge on any atom is -0.272 e. The van der Waals surface area contributed by atoms with E-state index >= 15 is 0 Å². The van der Waals surface area contributed by atoms with E-state index in [1.165, 1.54) is 24.4 Å². The van der Waals surface area contributed by atoms with Gasteiger partial charge in [-0.25, -0.2) is 0 Å². The quantitative estimate of drug-likeness (QED) is 0.459. The summed E-state index contributed by atoms with van der Waals surface area (Å²) in [6.07, 6.45) is 1.44. The van der Waals surface area contributed by atoms with Crippen LogP contribution in [0.1, 0.15) is 5.56 Å². The van der Waals surface area contributed by atoms with Crippen LogP contribution in [0.4, 0.5) is 22.7 Å². The van der Waals surface area contributed by atoms with Crippen LogP contribution in [0.5, 0.6) is 0 Å². The number of benzene rings is 2. The third-order valence-corrected chi connectivity index (χ3v) is 3.16. The highest BCUT2D eigenvalue weighted by molar-refractivity contribution is 5.69.